The monoisotopic (exact) mass is 424 g/mol. The predicted octanol–water partition coefficient (Wildman–Crippen LogP) is 6.41. The minimum absolute atomic E-state index is 0.970. The molecule has 4 aromatic carbocycles. The Bertz CT molecular complexity index is 1240. The maximum atomic E-state index is 5.54. The lowest BCUT2D eigenvalue weighted by Gasteiger charge is -2.27. The second-order valence-electron chi connectivity index (χ2n) is 7.13. The Morgan fingerprint density at radius 1 is 0.667 bits per heavy atom. The Hall–Kier alpha value is -3.00. The van der Waals surface area contributed by atoms with Crippen molar-refractivity contribution in [1.29, 1.82) is 0 Å². The summed E-state index contributed by atoms with van der Waals surface area (Å²) < 4.78 is 6.74. The van der Waals surface area contributed by atoms with Crippen molar-refractivity contribution in [2.75, 3.05) is 0 Å². The van der Waals surface area contributed by atoms with Gasteiger partial charge in [-0.05, 0) is 25.1 Å². The van der Waals surface area contributed by atoms with Gasteiger partial charge in [-0.15, -0.1) is 11.3 Å². The van der Waals surface area contributed by atoms with Gasteiger partial charge < -0.3 is 0 Å². The van der Waals surface area contributed by atoms with E-state index in [1.165, 1.54) is 20.6 Å². The predicted molar refractivity (Wildman–Crippen MR) is 132 cm³/mol. The van der Waals surface area contributed by atoms with Gasteiger partial charge in [0.05, 0.1) is 28.0 Å². The molecular formula is C26H21N2PS. The molecule has 0 atom stereocenters. The first-order valence-corrected chi connectivity index (χ1v) is 12.5. The van der Waals surface area contributed by atoms with Crippen LogP contribution in [-0.2, 0) is 0 Å². The van der Waals surface area contributed by atoms with Crippen molar-refractivity contribution in [1.82, 2.24) is 4.98 Å². The molecule has 0 amide bonds. The van der Waals surface area contributed by atoms with Gasteiger partial charge in [-0.1, -0.05) is 91.0 Å². The first-order chi connectivity index (χ1) is 14.8. The van der Waals surface area contributed by atoms with Gasteiger partial charge in [0.1, 0.15) is 0 Å². The summed E-state index contributed by atoms with van der Waals surface area (Å²) >= 11 is 1.72. The van der Waals surface area contributed by atoms with Gasteiger partial charge in [-0.25, -0.2) is 4.98 Å². The Morgan fingerprint density at radius 3 is 1.67 bits per heavy atom. The number of hydrogen-bond acceptors (Lipinski definition) is 3. The van der Waals surface area contributed by atoms with Gasteiger partial charge in [-0.2, -0.15) is 0 Å². The molecule has 0 radical (unpaired) electrons. The molecule has 0 aliphatic rings. The van der Waals surface area contributed by atoms with E-state index in [-0.39, 0.29) is 0 Å². The van der Waals surface area contributed by atoms with Crippen molar-refractivity contribution >= 4 is 50.2 Å². The summed E-state index contributed by atoms with van der Waals surface area (Å²) in [5, 5.41) is 4.82. The van der Waals surface area contributed by atoms with E-state index in [0.717, 1.165) is 16.2 Å². The van der Waals surface area contributed by atoms with Crippen LogP contribution in [0, 0.1) is 6.92 Å². The maximum absolute atomic E-state index is 5.54. The summed E-state index contributed by atoms with van der Waals surface area (Å²) in [5.74, 6) is 0. The van der Waals surface area contributed by atoms with Crippen LogP contribution in [0.5, 0.6) is 0 Å². The highest BCUT2D eigenvalue weighted by atomic mass is 32.1. The molecule has 0 bridgehead atoms. The van der Waals surface area contributed by atoms with Gasteiger partial charge in [-0.3, -0.25) is 4.74 Å². The average molecular weight is 425 g/mol. The fourth-order valence-corrected chi connectivity index (χ4v) is 8.15. The standard InChI is InChI=1S/C26H21N2PS/c1-20-27-25-19-21(17-18-26(25)30-20)28-29(22-11-5-2-6-12-22,23-13-7-3-8-14-23)24-15-9-4-10-16-24/h2-19H,1H3. The van der Waals surface area contributed by atoms with E-state index in [1.54, 1.807) is 11.3 Å². The zero-order valence-corrected chi connectivity index (χ0v) is 18.4. The van der Waals surface area contributed by atoms with Gasteiger partial charge >= 0.3 is 0 Å². The molecule has 0 fully saturated rings. The zero-order valence-electron chi connectivity index (χ0n) is 16.6. The molecule has 2 nitrogen and oxygen atoms in total. The van der Waals surface area contributed by atoms with Crippen LogP contribution in [0.1, 0.15) is 5.01 Å². The Labute approximate surface area is 180 Å². The van der Waals surface area contributed by atoms with Crippen LogP contribution in [0.25, 0.3) is 10.2 Å². The maximum Gasteiger partial charge on any atom is 0.0907 e. The molecule has 146 valence electrons. The quantitative estimate of drug-likeness (QED) is 0.306. The van der Waals surface area contributed by atoms with E-state index in [9.17, 15) is 0 Å². The van der Waals surface area contributed by atoms with Crippen molar-refractivity contribution in [2.24, 2.45) is 4.74 Å². The third-order valence-electron chi connectivity index (χ3n) is 5.13. The Balaban J connectivity index is 1.88. The van der Waals surface area contributed by atoms with E-state index in [1.807, 2.05) is 0 Å². The summed E-state index contributed by atoms with van der Waals surface area (Å²) in [6.07, 6.45) is 0. The van der Waals surface area contributed by atoms with E-state index in [2.05, 4.69) is 116 Å². The number of rotatable bonds is 4. The number of nitrogens with zero attached hydrogens (tertiary/aromatic N) is 2. The fourth-order valence-electron chi connectivity index (χ4n) is 3.82. The number of fused-ring (bicyclic) bond motifs is 1. The van der Waals surface area contributed by atoms with Crippen molar-refractivity contribution in [3.8, 4) is 0 Å². The highest BCUT2D eigenvalue weighted by Crippen LogP contribution is 2.49. The molecule has 0 unspecified atom stereocenters. The number of benzene rings is 4. The molecule has 0 spiro atoms. The van der Waals surface area contributed by atoms with Gasteiger partial charge in [0, 0.05) is 15.9 Å². The van der Waals surface area contributed by atoms with Gasteiger partial charge in [0.25, 0.3) is 0 Å². The number of aryl methyl sites for hydroxylation is 1. The largest absolute Gasteiger partial charge is 0.254 e. The molecule has 0 saturated heterocycles. The van der Waals surface area contributed by atoms with Gasteiger partial charge in [0.15, 0.2) is 0 Å². The lowest BCUT2D eigenvalue weighted by molar-refractivity contribution is 1.34. The fraction of sp³-hybridized carbons (Fsp3) is 0.0385. The van der Waals surface area contributed by atoms with Crippen LogP contribution in [0.4, 0.5) is 5.69 Å². The molecule has 0 saturated carbocycles. The second-order valence-corrected chi connectivity index (χ2v) is 11.4. The molecular weight excluding hydrogens is 403 g/mol. The first kappa shape index (κ1) is 19.0. The van der Waals surface area contributed by atoms with Crippen LogP contribution in [-0.4, -0.2) is 4.98 Å². The van der Waals surface area contributed by atoms with E-state index >= 15 is 0 Å². The van der Waals surface area contributed by atoms with Crippen LogP contribution < -0.4 is 15.9 Å². The minimum atomic E-state index is -2.25. The molecule has 5 aromatic rings. The van der Waals surface area contributed by atoms with E-state index in [0.29, 0.717) is 0 Å². The summed E-state index contributed by atoms with van der Waals surface area (Å²) in [6, 6.07) is 38.5. The molecule has 1 aromatic heterocycles. The van der Waals surface area contributed by atoms with Crippen LogP contribution in [0.3, 0.4) is 0 Å². The van der Waals surface area contributed by atoms with Crippen LogP contribution >= 0.6 is 18.4 Å². The lowest BCUT2D eigenvalue weighted by atomic mass is 10.3. The van der Waals surface area contributed by atoms with Crippen molar-refractivity contribution < 1.29 is 0 Å². The molecule has 1 heterocycles. The molecule has 4 heteroatoms. The number of aromatic nitrogens is 1. The zero-order chi connectivity index (χ0) is 20.4. The van der Waals surface area contributed by atoms with E-state index < -0.39 is 7.05 Å². The van der Waals surface area contributed by atoms with Crippen molar-refractivity contribution in [3.63, 3.8) is 0 Å². The molecule has 0 N–H and O–H groups in total. The SMILES string of the molecule is Cc1nc2cc(N=P(c3ccccc3)(c3ccccc3)c3ccccc3)ccc2s1. The minimum Gasteiger partial charge on any atom is -0.254 e. The number of thiazole rings is 1. The highest BCUT2D eigenvalue weighted by molar-refractivity contribution is 7.87. The number of hydrogen-bond donors (Lipinski definition) is 0. The third kappa shape index (κ3) is 3.41. The van der Waals surface area contributed by atoms with Crippen LogP contribution in [0.15, 0.2) is 114 Å². The smallest absolute Gasteiger partial charge is 0.0907 e. The van der Waals surface area contributed by atoms with Crippen LogP contribution in [0.2, 0.25) is 0 Å². The lowest BCUT2D eigenvalue weighted by Crippen LogP contribution is -2.25. The van der Waals surface area contributed by atoms with Gasteiger partial charge in [0.2, 0.25) is 0 Å². The highest BCUT2D eigenvalue weighted by Gasteiger charge is 2.27. The molecule has 0 aliphatic heterocycles. The summed E-state index contributed by atoms with van der Waals surface area (Å²) in [6.45, 7) is 2.05. The van der Waals surface area contributed by atoms with Crippen molar-refractivity contribution in [3.05, 3.63) is 114 Å². The normalized spacial score (nSPS) is 11.5. The topological polar surface area (TPSA) is 25.2 Å². The van der Waals surface area contributed by atoms with Crippen molar-refractivity contribution in [2.45, 2.75) is 6.92 Å². The first-order valence-electron chi connectivity index (χ1n) is 9.92. The summed E-state index contributed by atoms with van der Waals surface area (Å²) in [4.78, 5) is 4.69. The Morgan fingerprint density at radius 2 is 1.17 bits per heavy atom. The molecule has 0 aliphatic carbocycles. The average Bonchev–Trinajstić information content (AvgIpc) is 3.18. The summed E-state index contributed by atoms with van der Waals surface area (Å²) in [7, 11) is -2.25. The third-order valence-corrected chi connectivity index (χ3v) is 9.75. The molecule has 5 rings (SSSR count). The Kier molecular flexibility index (Phi) is 5.08. The molecule has 30 heavy (non-hydrogen) atoms. The summed E-state index contributed by atoms with van der Waals surface area (Å²) in [5.41, 5.74) is 1.99. The second kappa shape index (κ2) is 8.02. The van der Waals surface area contributed by atoms with E-state index in [4.69, 9.17) is 9.73 Å².